The van der Waals surface area contributed by atoms with E-state index >= 15 is 0 Å². The van der Waals surface area contributed by atoms with Crippen molar-refractivity contribution >= 4 is 10.8 Å². The fourth-order valence-electron chi connectivity index (χ4n) is 1.92. The SMILES string of the molecule is CC(C(N)c1ccccc1)S(=O)c1ccc(F)cc1F. The lowest BCUT2D eigenvalue weighted by Gasteiger charge is -2.20. The van der Waals surface area contributed by atoms with Gasteiger partial charge in [0.05, 0.1) is 20.9 Å². The molecular weight excluding hydrogens is 280 g/mol. The lowest BCUT2D eigenvalue weighted by Crippen LogP contribution is -2.28. The van der Waals surface area contributed by atoms with Crippen molar-refractivity contribution in [1.82, 2.24) is 0 Å². The number of hydrogen-bond donors (Lipinski definition) is 1. The van der Waals surface area contributed by atoms with E-state index in [0.717, 1.165) is 17.7 Å². The largest absolute Gasteiger partial charge is 0.323 e. The van der Waals surface area contributed by atoms with Crippen LogP contribution in [0.5, 0.6) is 0 Å². The summed E-state index contributed by atoms with van der Waals surface area (Å²) in [7, 11) is -1.65. The molecule has 2 nitrogen and oxygen atoms in total. The summed E-state index contributed by atoms with van der Waals surface area (Å²) >= 11 is 0. The van der Waals surface area contributed by atoms with Crippen molar-refractivity contribution < 1.29 is 13.0 Å². The second-order valence-corrected chi connectivity index (χ2v) is 6.29. The maximum Gasteiger partial charge on any atom is 0.142 e. The standard InChI is InChI=1S/C15H15F2NOS/c1-10(15(18)11-5-3-2-4-6-11)20(19)14-8-7-12(16)9-13(14)17/h2-10,15H,18H2,1H3. The zero-order valence-corrected chi connectivity index (χ0v) is 11.7. The summed E-state index contributed by atoms with van der Waals surface area (Å²) in [6.45, 7) is 1.69. The molecule has 2 aromatic carbocycles. The van der Waals surface area contributed by atoms with Gasteiger partial charge in [-0.2, -0.15) is 0 Å². The van der Waals surface area contributed by atoms with Crippen LogP contribution in [0.1, 0.15) is 18.5 Å². The van der Waals surface area contributed by atoms with Gasteiger partial charge in [-0.3, -0.25) is 4.21 Å². The first-order chi connectivity index (χ1) is 9.50. The number of halogens is 2. The molecule has 0 aromatic heterocycles. The second kappa shape index (κ2) is 6.24. The highest BCUT2D eigenvalue weighted by molar-refractivity contribution is 7.85. The molecule has 20 heavy (non-hydrogen) atoms. The molecule has 5 heteroatoms. The average Bonchev–Trinajstić information content (AvgIpc) is 2.46. The van der Waals surface area contributed by atoms with Crippen LogP contribution in [-0.2, 0) is 10.8 Å². The van der Waals surface area contributed by atoms with Crippen molar-refractivity contribution in [3.63, 3.8) is 0 Å². The highest BCUT2D eigenvalue weighted by Crippen LogP contribution is 2.24. The topological polar surface area (TPSA) is 43.1 Å². The Morgan fingerprint density at radius 3 is 2.35 bits per heavy atom. The van der Waals surface area contributed by atoms with Crippen LogP contribution in [0.2, 0.25) is 0 Å². The van der Waals surface area contributed by atoms with E-state index in [4.69, 9.17) is 5.73 Å². The van der Waals surface area contributed by atoms with Gasteiger partial charge in [0.25, 0.3) is 0 Å². The van der Waals surface area contributed by atoms with Gasteiger partial charge in [-0.05, 0) is 24.6 Å². The van der Waals surface area contributed by atoms with E-state index in [1.54, 1.807) is 6.92 Å². The molecule has 0 saturated heterocycles. The quantitative estimate of drug-likeness (QED) is 0.941. The molecule has 0 radical (unpaired) electrons. The van der Waals surface area contributed by atoms with Gasteiger partial charge < -0.3 is 5.73 Å². The lowest BCUT2D eigenvalue weighted by molar-refractivity contribution is 0.559. The minimum Gasteiger partial charge on any atom is -0.323 e. The molecule has 2 rings (SSSR count). The van der Waals surface area contributed by atoms with Crippen molar-refractivity contribution in [2.45, 2.75) is 23.1 Å². The molecule has 3 atom stereocenters. The van der Waals surface area contributed by atoms with Crippen LogP contribution in [-0.4, -0.2) is 9.46 Å². The predicted molar refractivity (Wildman–Crippen MR) is 75.6 cm³/mol. The van der Waals surface area contributed by atoms with Crippen LogP contribution in [0.3, 0.4) is 0 Å². The zero-order valence-electron chi connectivity index (χ0n) is 10.9. The molecule has 0 spiro atoms. The van der Waals surface area contributed by atoms with Gasteiger partial charge in [0.2, 0.25) is 0 Å². The van der Waals surface area contributed by atoms with Crippen molar-refractivity contribution in [3.05, 3.63) is 65.7 Å². The van der Waals surface area contributed by atoms with E-state index in [-0.39, 0.29) is 4.90 Å². The third-order valence-electron chi connectivity index (χ3n) is 3.14. The van der Waals surface area contributed by atoms with Crippen LogP contribution in [0.4, 0.5) is 8.78 Å². The molecule has 2 N–H and O–H groups in total. The first-order valence-corrected chi connectivity index (χ1v) is 7.38. The van der Waals surface area contributed by atoms with Gasteiger partial charge in [0.15, 0.2) is 0 Å². The van der Waals surface area contributed by atoms with Crippen LogP contribution in [0, 0.1) is 11.6 Å². The van der Waals surface area contributed by atoms with Crippen LogP contribution in [0.25, 0.3) is 0 Å². The summed E-state index contributed by atoms with van der Waals surface area (Å²) in [5, 5.41) is -0.489. The Labute approximate surface area is 119 Å². The maximum absolute atomic E-state index is 13.7. The Kier molecular flexibility index (Phi) is 4.62. The molecule has 0 saturated carbocycles. The molecule has 0 fully saturated rings. The Bertz CT molecular complexity index is 619. The molecule has 0 aliphatic rings. The number of benzene rings is 2. The van der Waals surface area contributed by atoms with Crippen LogP contribution in [0.15, 0.2) is 53.4 Å². The molecule has 0 aliphatic heterocycles. The van der Waals surface area contributed by atoms with Gasteiger partial charge in [0, 0.05) is 12.1 Å². The Morgan fingerprint density at radius 2 is 1.75 bits per heavy atom. The van der Waals surface area contributed by atoms with Crippen molar-refractivity contribution in [3.8, 4) is 0 Å². The first-order valence-electron chi connectivity index (χ1n) is 6.17. The Balaban J connectivity index is 2.24. The molecule has 3 unspecified atom stereocenters. The zero-order chi connectivity index (χ0) is 14.7. The van der Waals surface area contributed by atoms with E-state index in [1.807, 2.05) is 30.3 Å². The number of hydrogen-bond acceptors (Lipinski definition) is 2. The van der Waals surface area contributed by atoms with Gasteiger partial charge in [0.1, 0.15) is 11.6 Å². The van der Waals surface area contributed by atoms with Crippen molar-refractivity contribution in [2.75, 3.05) is 0 Å². The highest BCUT2D eigenvalue weighted by atomic mass is 32.2. The first kappa shape index (κ1) is 14.8. The average molecular weight is 295 g/mol. The van der Waals surface area contributed by atoms with Gasteiger partial charge in [-0.1, -0.05) is 30.3 Å². The smallest absolute Gasteiger partial charge is 0.142 e. The van der Waals surface area contributed by atoms with E-state index in [1.165, 1.54) is 6.07 Å². The third-order valence-corrected chi connectivity index (χ3v) is 4.87. The fourth-order valence-corrected chi connectivity index (χ4v) is 3.20. The lowest BCUT2D eigenvalue weighted by atomic mass is 10.1. The minimum absolute atomic E-state index is 0.0229. The molecule has 0 bridgehead atoms. The Morgan fingerprint density at radius 1 is 1.10 bits per heavy atom. The molecule has 0 amide bonds. The number of rotatable bonds is 4. The summed E-state index contributed by atoms with van der Waals surface area (Å²) in [4.78, 5) is -0.0229. The summed E-state index contributed by atoms with van der Waals surface area (Å²) in [6, 6.07) is 11.7. The molecule has 0 heterocycles. The second-order valence-electron chi connectivity index (χ2n) is 4.51. The predicted octanol–water partition coefficient (Wildman–Crippen LogP) is 3.16. The molecule has 106 valence electrons. The summed E-state index contributed by atoms with van der Waals surface area (Å²) in [5.74, 6) is -1.50. The van der Waals surface area contributed by atoms with E-state index in [2.05, 4.69) is 0 Å². The summed E-state index contributed by atoms with van der Waals surface area (Å²) < 4.78 is 38.9. The molecular formula is C15H15F2NOS. The summed E-state index contributed by atoms with van der Waals surface area (Å²) in [6.07, 6.45) is 0. The van der Waals surface area contributed by atoms with Gasteiger partial charge in [-0.15, -0.1) is 0 Å². The minimum atomic E-state index is -1.65. The highest BCUT2D eigenvalue weighted by Gasteiger charge is 2.24. The van der Waals surface area contributed by atoms with E-state index in [0.29, 0.717) is 0 Å². The maximum atomic E-state index is 13.7. The summed E-state index contributed by atoms with van der Waals surface area (Å²) in [5.41, 5.74) is 6.90. The van der Waals surface area contributed by atoms with Crippen molar-refractivity contribution in [2.24, 2.45) is 5.73 Å². The monoisotopic (exact) mass is 295 g/mol. The van der Waals surface area contributed by atoms with Crippen molar-refractivity contribution in [1.29, 1.82) is 0 Å². The van der Waals surface area contributed by atoms with E-state index in [9.17, 15) is 13.0 Å². The Hall–Kier alpha value is -1.59. The van der Waals surface area contributed by atoms with Crippen LogP contribution < -0.4 is 5.73 Å². The van der Waals surface area contributed by atoms with Gasteiger partial charge >= 0.3 is 0 Å². The van der Waals surface area contributed by atoms with Gasteiger partial charge in [-0.25, -0.2) is 8.78 Å². The normalized spacial score (nSPS) is 15.6. The van der Waals surface area contributed by atoms with Crippen LogP contribution >= 0.6 is 0 Å². The third kappa shape index (κ3) is 3.11. The molecule has 0 aliphatic carbocycles. The molecule has 2 aromatic rings. The fraction of sp³-hybridized carbons (Fsp3) is 0.200. The number of nitrogens with two attached hydrogens (primary N) is 1. The van der Waals surface area contributed by atoms with E-state index < -0.39 is 33.7 Å².